The lowest BCUT2D eigenvalue weighted by Gasteiger charge is -2.12. The summed E-state index contributed by atoms with van der Waals surface area (Å²) < 4.78 is 11.3. The first-order chi connectivity index (χ1) is 14.3. The lowest BCUT2D eigenvalue weighted by atomic mass is 10.1. The molecule has 2 aromatic rings. The highest BCUT2D eigenvalue weighted by molar-refractivity contribution is 5.79. The second-order valence-electron chi connectivity index (χ2n) is 7.67. The van der Waals surface area contributed by atoms with Crippen molar-refractivity contribution >= 4 is 5.96 Å². The molecule has 1 saturated carbocycles. The van der Waals surface area contributed by atoms with Gasteiger partial charge in [-0.1, -0.05) is 18.2 Å². The molecule has 0 unspecified atom stereocenters. The molecule has 1 aliphatic carbocycles. The van der Waals surface area contributed by atoms with Crippen molar-refractivity contribution in [3.05, 3.63) is 53.2 Å². The molecule has 0 spiro atoms. The van der Waals surface area contributed by atoms with Crippen LogP contribution in [0.25, 0.3) is 0 Å². The number of nitrogens with one attached hydrogen (secondary N) is 2. The van der Waals surface area contributed by atoms with Crippen LogP contribution in [-0.2, 0) is 19.4 Å². The molecule has 4 rings (SSSR count). The first-order valence-electron chi connectivity index (χ1n) is 10.6. The lowest BCUT2D eigenvalue weighted by Crippen LogP contribution is -2.38. The predicted octanol–water partition coefficient (Wildman–Crippen LogP) is 3.10. The number of aliphatic imine (C=N–C) groups is 1. The van der Waals surface area contributed by atoms with Crippen molar-refractivity contribution in [3.63, 3.8) is 0 Å². The summed E-state index contributed by atoms with van der Waals surface area (Å²) in [6.45, 7) is 5.91. The summed E-state index contributed by atoms with van der Waals surface area (Å²) >= 11 is 0. The molecule has 0 atom stereocenters. The van der Waals surface area contributed by atoms with E-state index in [4.69, 9.17) is 9.47 Å². The number of aromatic nitrogens is 1. The van der Waals surface area contributed by atoms with E-state index in [-0.39, 0.29) is 0 Å². The van der Waals surface area contributed by atoms with Crippen LogP contribution in [0.5, 0.6) is 11.6 Å². The number of guanidine groups is 1. The van der Waals surface area contributed by atoms with Crippen LogP contribution in [-0.4, -0.2) is 37.2 Å². The van der Waals surface area contributed by atoms with Crippen molar-refractivity contribution in [2.45, 2.75) is 39.2 Å². The number of benzene rings is 1. The number of pyridine rings is 1. The van der Waals surface area contributed by atoms with Crippen LogP contribution in [0.3, 0.4) is 0 Å². The van der Waals surface area contributed by atoms with Crippen molar-refractivity contribution in [1.29, 1.82) is 0 Å². The van der Waals surface area contributed by atoms with E-state index in [0.717, 1.165) is 62.3 Å². The van der Waals surface area contributed by atoms with Gasteiger partial charge in [-0.25, -0.2) is 9.98 Å². The molecule has 1 fully saturated rings. The Labute approximate surface area is 172 Å². The molecule has 0 amide bonds. The Balaban J connectivity index is 1.25. The Morgan fingerprint density at radius 2 is 2.10 bits per heavy atom. The molecule has 29 heavy (non-hydrogen) atoms. The molecule has 6 heteroatoms. The average molecular weight is 395 g/mol. The van der Waals surface area contributed by atoms with Crippen LogP contribution < -0.4 is 20.1 Å². The van der Waals surface area contributed by atoms with E-state index in [1.807, 2.05) is 18.3 Å². The zero-order valence-corrected chi connectivity index (χ0v) is 17.1. The Bertz CT molecular complexity index is 831. The minimum atomic E-state index is 0.585. The Hall–Kier alpha value is -2.76. The monoisotopic (exact) mass is 394 g/mol. The van der Waals surface area contributed by atoms with Gasteiger partial charge in [-0.3, -0.25) is 0 Å². The third kappa shape index (κ3) is 5.86. The van der Waals surface area contributed by atoms with Gasteiger partial charge in [-0.15, -0.1) is 0 Å². The molecule has 154 valence electrons. The van der Waals surface area contributed by atoms with E-state index in [1.165, 1.54) is 24.0 Å². The maximum Gasteiger partial charge on any atom is 0.213 e. The summed E-state index contributed by atoms with van der Waals surface area (Å²) in [5, 5.41) is 6.73. The number of hydrogen-bond donors (Lipinski definition) is 2. The molecule has 1 aromatic carbocycles. The third-order valence-corrected chi connectivity index (χ3v) is 5.19. The lowest BCUT2D eigenvalue weighted by molar-refractivity contribution is 0.288. The molecule has 6 nitrogen and oxygen atoms in total. The van der Waals surface area contributed by atoms with E-state index in [9.17, 15) is 0 Å². The number of hydrogen-bond acceptors (Lipinski definition) is 4. The summed E-state index contributed by atoms with van der Waals surface area (Å²) in [6, 6.07) is 10.5. The summed E-state index contributed by atoms with van der Waals surface area (Å²) in [5.74, 6) is 3.30. The van der Waals surface area contributed by atoms with Gasteiger partial charge in [0.25, 0.3) is 0 Å². The maximum atomic E-state index is 5.69. The van der Waals surface area contributed by atoms with Gasteiger partial charge in [0, 0.05) is 31.8 Å². The molecule has 2 aliphatic rings. The summed E-state index contributed by atoms with van der Waals surface area (Å²) in [4.78, 5) is 9.07. The molecule has 0 radical (unpaired) electrons. The smallest absolute Gasteiger partial charge is 0.213 e. The van der Waals surface area contributed by atoms with Gasteiger partial charge in [0.05, 0.1) is 19.8 Å². The second-order valence-corrected chi connectivity index (χ2v) is 7.67. The van der Waals surface area contributed by atoms with Crippen molar-refractivity contribution < 1.29 is 9.47 Å². The minimum absolute atomic E-state index is 0.585. The first-order valence-corrected chi connectivity index (χ1v) is 10.6. The standard InChI is InChI=1S/C23H30N4O2/c1-2-24-23(25-11-9-17-5-7-21-20(13-17)10-12-28-21)27-15-19-6-8-22(26-14-19)29-16-18-3-4-18/h5-8,13-14,18H,2-4,9-12,15-16H2,1H3,(H2,24,25,27). The Morgan fingerprint density at radius 1 is 1.21 bits per heavy atom. The Morgan fingerprint density at radius 3 is 2.90 bits per heavy atom. The fourth-order valence-corrected chi connectivity index (χ4v) is 3.31. The Kier molecular flexibility index (Phi) is 6.49. The number of ether oxygens (including phenoxy) is 2. The largest absolute Gasteiger partial charge is 0.493 e. The summed E-state index contributed by atoms with van der Waals surface area (Å²) in [7, 11) is 0. The van der Waals surface area contributed by atoms with E-state index in [0.29, 0.717) is 12.4 Å². The fourth-order valence-electron chi connectivity index (χ4n) is 3.31. The maximum absolute atomic E-state index is 5.69. The van der Waals surface area contributed by atoms with Crippen molar-refractivity contribution in [1.82, 2.24) is 15.6 Å². The second kappa shape index (κ2) is 9.63. The van der Waals surface area contributed by atoms with Crippen molar-refractivity contribution in [3.8, 4) is 11.6 Å². The zero-order chi connectivity index (χ0) is 19.9. The summed E-state index contributed by atoms with van der Waals surface area (Å²) in [6.07, 6.45) is 6.38. The molecule has 2 heterocycles. The van der Waals surface area contributed by atoms with Crippen LogP contribution in [0.2, 0.25) is 0 Å². The first kappa shape index (κ1) is 19.6. The normalized spacial score (nSPS) is 15.6. The van der Waals surface area contributed by atoms with Crippen molar-refractivity contribution in [2.24, 2.45) is 10.9 Å². The van der Waals surface area contributed by atoms with Crippen LogP contribution in [0.15, 0.2) is 41.5 Å². The van der Waals surface area contributed by atoms with Gasteiger partial charge in [-0.05, 0) is 54.9 Å². The highest BCUT2D eigenvalue weighted by Gasteiger charge is 2.22. The van der Waals surface area contributed by atoms with E-state index in [1.54, 1.807) is 0 Å². The van der Waals surface area contributed by atoms with Crippen molar-refractivity contribution in [2.75, 3.05) is 26.3 Å². The average Bonchev–Trinajstić information content (AvgIpc) is 3.46. The van der Waals surface area contributed by atoms with Gasteiger partial charge in [0.2, 0.25) is 5.88 Å². The molecular weight excluding hydrogens is 364 g/mol. The van der Waals surface area contributed by atoms with Gasteiger partial charge in [0.15, 0.2) is 5.96 Å². The van der Waals surface area contributed by atoms with Gasteiger partial charge >= 0.3 is 0 Å². The number of nitrogens with zero attached hydrogens (tertiary/aromatic N) is 2. The molecular formula is C23H30N4O2. The summed E-state index contributed by atoms with van der Waals surface area (Å²) in [5.41, 5.74) is 3.71. The zero-order valence-electron chi connectivity index (χ0n) is 17.1. The van der Waals surface area contributed by atoms with Crippen LogP contribution in [0.1, 0.15) is 36.5 Å². The minimum Gasteiger partial charge on any atom is -0.493 e. The molecule has 2 N–H and O–H groups in total. The van der Waals surface area contributed by atoms with Crippen LogP contribution in [0, 0.1) is 5.92 Å². The van der Waals surface area contributed by atoms with Gasteiger partial charge < -0.3 is 20.1 Å². The predicted molar refractivity (Wildman–Crippen MR) is 115 cm³/mol. The highest BCUT2D eigenvalue weighted by atomic mass is 16.5. The quantitative estimate of drug-likeness (QED) is 0.505. The molecule has 0 bridgehead atoms. The van der Waals surface area contributed by atoms with Gasteiger partial charge in [-0.2, -0.15) is 0 Å². The number of fused-ring (bicyclic) bond motifs is 1. The number of rotatable bonds is 9. The molecule has 1 aliphatic heterocycles. The SMILES string of the molecule is CCNC(=NCc1ccc(OCC2CC2)nc1)NCCc1ccc2c(c1)CCO2. The third-order valence-electron chi connectivity index (χ3n) is 5.19. The van der Waals surface area contributed by atoms with Gasteiger partial charge in [0.1, 0.15) is 5.75 Å². The van der Waals surface area contributed by atoms with Crippen LogP contribution >= 0.6 is 0 Å². The molecule has 1 aromatic heterocycles. The fraction of sp³-hybridized carbons (Fsp3) is 0.478. The molecule has 0 saturated heterocycles. The van der Waals surface area contributed by atoms with E-state index >= 15 is 0 Å². The van der Waals surface area contributed by atoms with Crippen LogP contribution in [0.4, 0.5) is 0 Å². The van der Waals surface area contributed by atoms with E-state index in [2.05, 4.69) is 45.7 Å². The van der Waals surface area contributed by atoms with E-state index < -0.39 is 0 Å². The highest BCUT2D eigenvalue weighted by Crippen LogP contribution is 2.29. The topological polar surface area (TPSA) is 67.8 Å².